The van der Waals surface area contributed by atoms with Crippen LogP contribution in [0.2, 0.25) is 0 Å². The second-order valence-electron chi connectivity index (χ2n) is 8.59. The summed E-state index contributed by atoms with van der Waals surface area (Å²) >= 11 is 3.24. The monoisotopic (exact) mass is 634 g/mol. The van der Waals surface area contributed by atoms with Crippen molar-refractivity contribution in [2.45, 2.75) is 39.8 Å². The Balaban J connectivity index is 1.92. The third-order valence-electron chi connectivity index (χ3n) is 5.66. The molecule has 1 N–H and O–H groups in total. The molecule has 1 atom stereocenters. The maximum Gasteiger partial charge on any atom is 0.338 e. The van der Waals surface area contributed by atoms with Crippen molar-refractivity contribution in [1.82, 2.24) is 4.57 Å². The number of hydrogen-bond donors (Lipinski definition) is 1. The highest BCUT2D eigenvalue weighted by Crippen LogP contribution is 2.33. The third-order valence-corrected chi connectivity index (χ3v) is 7.46. The molecular weight excluding hydrogens is 607 g/mol. The maximum absolute atomic E-state index is 13.8. The molecule has 4 rings (SSSR count). The number of benzene rings is 2. The minimum atomic E-state index is -0.713. The molecule has 10 heteroatoms. The number of fused-ring (bicyclic) bond motifs is 1. The van der Waals surface area contributed by atoms with Gasteiger partial charge in [-0.15, -0.1) is 0 Å². The summed E-state index contributed by atoms with van der Waals surface area (Å²) in [6.07, 6.45) is 1.40. The fourth-order valence-electron chi connectivity index (χ4n) is 4.07. The molecule has 0 aliphatic carbocycles. The van der Waals surface area contributed by atoms with Crippen molar-refractivity contribution in [2.24, 2.45) is 4.99 Å². The van der Waals surface area contributed by atoms with Crippen LogP contribution in [0.25, 0.3) is 6.08 Å². The zero-order valence-corrected chi connectivity index (χ0v) is 24.0. The normalized spacial score (nSPS) is 15.4. The van der Waals surface area contributed by atoms with Gasteiger partial charge in [-0.2, -0.15) is 0 Å². The first-order valence-electron chi connectivity index (χ1n) is 11.7. The average molecular weight is 634 g/mol. The highest BCUT2D eigenvalue weighted by atomic mass is 127. The Hall–Kier alpha value is -3.12. The smallest absolute Gasteiger partial charge is 0.338 e. The minimum Gasteiger partial charge on any atom is -0.504 e. The molecule has 0 unspecified atom stereocenters. The van der Waals surface area contributed by atoms with Crippen LogP contribution < -0.4 is 24.4 Å². The molecule has 0 radical (unpaired) electrons. The van der Waals surface area contributed by atoms with Crippen LogP contribution in [0.3, 0.4) is 0 Å². The summed E-state index contributed by atoms with van der Waals surface area (Å²) in [5.74, 6) is 0.540. The van der Waals surface area contributed by atoms with E-state index in [1.807, 2.05) is 53.8 Å². The Morgan fingerprint density at radius 1 is 1.27 bits per heavy atom. The lowest BCUT2D eigenvalue weighted by molar-refractivity contribution is -0.143. The van der Waals surface area contributed by atoms with Crippen LogP contribution in [0.4, 0.5) is 0 Å². The van der Waals surface area contributed by atoms with Gasteiger partial charge in [-0.25, -0.2) is 9.79 Å². The minimum absolute atomic E-state index is 0.0427. The van der Waals surface area contributed by atoms with E-state index in [0.717, 1.165) is 5.56 Å². The number of phenols is 1. The first-order valence-corrected chi connectivity index (χ1v) is 13.6. The van der Waals surface area contributed by atoms with Gasteiger partial charge in [0, 0.05) is 0 Å². The molecule has 1 aromatic heterocycles. The molecule has 2 aromatic carbocycles. The second kappa shape index (κ2) is 11.1. The lowest BCUT2D eigenvalue weighted by Crippen LogP contribution is -2.40. The number of methoxy groups -OCH3 is 1. The van der Waals surface area contributed by atoms with Crippen molar-refractivity contribution in [1.29, 1.82) is 0 Å². The van der Waals surface area contributed by atoms with Gasteiger partial charge in [-0.3, -0.25) is 9.36 Å². The Bertz CT molecular complexity index is 1550. The second-order valence-corrected chi connectivity index (χ2v) is 10.8. The number of hydrogen-bond acceptors (Lipinski definition) is 8. The third kappa shape index (κ3) is 5.45. The highest BCUT2D eigenvalue weighted by molar-refractivity contribution is 14.1. The summed E-state index contributed by atoms with van der Waals surface area (Å²) in [5, 5.41) is 10.2. The number of ether oxygens (including phenoxy) is 3. The van der Waals surface area contributed by atoms with Crippen molar-refractivity contribution in [3.63, 3.8) is 0 Å². The summed E-state index contributed by atoms with van der Waals surface area (Å²) < 4.78 is 18.9. The van der Waals surface area contributed by atoms with Crippen molar-refractivity contribution in [3.05, 3.63) is 82.1 Å². The number of allylic oxidation sites excluding steroid dienone is 1. The van der Waals surface area contributed by atoms with Gasteiger partial charge in [-0.1, -0.05) is 23.5 Å². The lowest BCUT2D eigenvalue weighted by Gasteiger charge is -2.25. The van der Waals surface area contributed by atoms with Gasteiger partial charge in [0.05, 0.1) is 45.2 Å². The Labute approximate surface area is 231 Å². The predicted molar refractivity (Wildman–Crippen MR) is 150 cm³/mol. The molecule has 8 nitrogen and oxygen atoms in total. The Kier molecular flexibility index (Phi) is 8.08. The van der Waals surface area contributed by atoms with Gasteiger partial charge in [0.25, 0.3) is 5.56 Å². The molecule has 2 heterocycles. The summed E-state index contributed by atoms with van der Waals surface area (Å²) in [6, 6.07) is 10.0. The number of phenolic OH excluding ortho intramolecular Hbond substituents is 1. The van der Waals surface area contributed by atoms with Crippen LogP contribution in [-0.4, -0.2) is 35.5 Å². The summed E-state index contributed by atoms with van der Waals surface area (Å²) in [5.41, 5.74) is 1.96. The zero-order chi connectivity index (χ0) is 26.9. The molecule has 0 amide bonds. The maximum atomic E-state index is 13.8. The van der Waals surface area contributed by atoms with Crippen LogP contribution >= 0.6 is 33.9 Å². The quantitative estimate of drug-likeness (QED) is 0.313. The van der Waals surface area contributed by atoms with Crippen LogP contribution in [0, 0.1) is 3.57 Å². The van der Waals surface area contributed by atoms with Crippen LogP contribution in [0.15, 0.2) is 57.5 Å². The Morgan fingerprint density at radius 2 is 1.97 bits per heavy atom. The molecule has 0 fully saturated rings. The molecule has 1 aliphatic rings. The first kappa shape index (κ1) is 26.9. The largest absolute Gasteiger partial charge is 0.504 e. The van der Waals surface area contributed by atoms with E-state index < -0.39 is 12.0 Å². The predicted octanol–water partition coefficient (Wildman–Crippen LogP) is 3.90. The van der Waals surface area contributed by atoms with Crippen LogP contribution in [0.1, 0.15) is 44.9 Å². The van der Waals surface area contributed by atoms with E-state index >= 15 is 0 Å². The SMILES string of the molecule is CCOc1ccc([C@@H]2C(C(=O)OC(C)C)=C(C)N=c3s/c(=C/c4cc(I)c(O)c(OC)c4)c(=O)n32)cc1. The standard InChI is InChI=1S/C27H27IN2O6S/c1-6-35-18-9-7-17(8-10-18)23-22(26(33)36-14(2)3)15(4)29-27-30(23)25(32)21(37-27)13-16-11-19(28)24(31)20(12-16)34-5/h7-14,23,31H,6H2,1-5H3/b21-13+/t23-/m1/s1. The fourth-order valence-corrected chi connectivity index (χ4v) is 5.74. The van der Waals surface area contributed by atoms with Gasteiger partial charge in [-0.05, 0) is 91.8 Å². The molecule has 1 aliphatic heterocycles. The number of carbonyl (C=O) groups is 1. The lowest BCUT2D eigenvalue weighted by atomic mass is 9.96. The van der Waals surface area contributed by atoms with Crippen molar-refractivity contribution in [2.75, 3.05) is 13.7 Å². The van der Waals surface area contributed by atoms with Gasteiger partial charge >= 0.3 is 5.97 Å². The van der Waals surface area contributed by atoms with E-state index in [0.29, 0.717) is 47.8 Å². The van der Waals surface area contributed by atoms with E-state index in [4.69, 9.17) is 14.2 Å². The van der Waals surface area contributed by atoms with E-state index in [1.54, 1.807) is 43.5 Å². The summed E-state index contributed by atoms with van der Waals surface area (Å²) in [4.78, 5) is 32.1. The molecule has 0 bridgehead atoms. The van der Waals surface area contributed by atoms with Crippen molar-refractivity contribution < 1.29 is 24.1 Å². The molecular formula is C27H27IN2O6S. The van der Waals surface area contributed by atoms with Gasteiger partial charge < -0.3 is 19.3 Å². The number of esters is 1. The number of aromatic nitrogens is 1. The molecule has 0 spiro atoms. The van der Waals surface area contributed by atoms with Gasteiger partial charge in [0.2, 0.25) is 0 Å². The first-order chi connectivity index (χ1) is 17.6. The summed E-state index contributed by atoms with van der Waals surface area (Å²) in [7, 11) is 1.47. The van der Waals surface area contributed by atoms with E-state index in [1.165, 1.54) is 18.4 Å². The highest BCUT2D eigenvalue weighted by Gasteiger charge is 2.33. The average Bonchev–Trinajstić information content (AvgIpc) is 3.14. The number of carbonyl (C=O) groups excluding carboxylic acids is 1. The van der Waals surface area contributed by atoms with E-state index in [-0.39, 0.29) is 17.4 Å². The fraction of sp³-hybridized carbons (Fsp3) is 0.296. The van der Waals surface area contributed by atoms with Crippen molar-refractivity contribution >= 4 is 46.0 Å². The zero-order valence-electron chi connectivity index (χ0n) is 21.1. The number of halogens is 1. The molecule has 194 valence electrons. The van der Waals surface area contributed by atoms with Crippen molar-refractivity contribution in [3.8, 4) is 17.2 Å². The van der Waals surface area contributed by atoms with E-state index in [2.05, 4.69) is 4.99 Å². The topological polar surface area (TPSA) is 99.4 Å². The number of rotatable bonds is 7. The molecule has 0 saturated carbocycles. The van der Waals surface area contributed by atoms with Crippen LogP contribution in [-0.2, 0) is 9.53 Å². The number of aromatic hydroxyl groups is 1. The van der Waals surface area contributed by atoms with Gasteiger partial charge in [0.1, 0.15) is 5.75 Å². The van der Waals surface area contributed by atoms with Crippen LogP contribution in [0.5, 0.6) is 17.2 Å². The number of nitrogens with zero attached hydrogens (tertiary/aromatic N) is 2. The van der Waals surface area contributed by atoms with Gasteiger partial charge in [0.15, 0.2) is 16.3 Å². The van der Waals surface area contributed by atoms with E-state index in [9.17, 15) is 14.7 Å². The Morgan fingerprint density at radius 3 is 2.59 bits per heavy atom. The molecule has 37 heavy (non-hydrogen) atoms. The summed E-state index contributed by atoms with van der Waals surface area (Å²) in [6.45, 7) is 7.75. The molecule has 0 saturated heterocycles. The molecule has 3 aromatic rings. The number of thiazole rings is 1.